The van der Waals surface area contributed by atoms with Crippen LogP contribution in [0.15, 0.2) is 53.6 Å². The average molecular weight is 471 g/mol. The summed E-state index contributed by atoms with van der Waals surface area (Å²) in [7, 11) is 0. The number of rotatable bonds is 11. The van der Waals surface area contributed by atoms with Gasteiger partial charge in [0.2, 0.25) is 5.91 Å². The van der Waals surface area contributed by atoms with Crippen LogP contribution in [-0.2, 0) is 4.79 Å². The molecule has 3 aromatic rings. The van der Waals surface area contributed by atoms with Gasteiger partial charge in [-0.2, -0.15) is 5.10 Å². The zero-order chi connectivity index (χ0) is 22.8. The van der Waals surface area contributed by atoms with Gasteiger partial charge in [-0.1, -0.05) is 68.8 Å². The number of carbonyl (C=O) groups is 2. The summed E-state index contributed by atoms with van der Waals surface area (Å²) in [5, 5.41) is 5.25. The molecule has 0 saturated heterocycles. The van der Waals surface area contributed by atoms with Crippen LogP contribution in [0.25, 0.3) is 10.1 Å². The third kappa shape index (κ3) is 6.90. The van der Waals surface area contributed by atoms with Crippen molar-refractivity contribution in [1.82, 2.24) is 5.43 Å². The molecule has 168 valence electrons. The molecule has 7 heteroatoms. The summed E-state index contributed by atoms with van der Waals surface area (Å²) in [6.07, 6.45) is 8.90. The van der Waals surface area contributed by atoms with Gasteiger partial charge in [0, 0.05) is 16.5 Å². The van der Waals surface area contributed by atoms with Crippen molar-refractivity contribution in [1.29, 1.82) is 0 Å². The number of nitrogens with zero attached hydrogens (tertiary/aromatic N) is 1. The van der Waals surface area contributed by atoms with E-state index in [9.17, 15) is 9.59 Å². The first-order valence-corrected chi connectivity index (χ1v) is 12.1. The van der Waals surface area contributed by atoms with Crippen LogP contribution >= 0.6 is 22.9 Å². The predicted molar refractivity (Wildman–Crippen MR) is 132 cm³/mol. The third-order valence-corrected chi connectivity index (χ3v) is 6.63. The third-order valence-electron chi connectivity index (χ3n) is 4.97. The number of thiophene rings is 1. The zero-order valence-corrected chi connectivity index (χ0v) is 19.7. The number of hydrogen-bond acceptors (Lipinski definition) is 5. The van der Waals surface area contributed by atoms with Gasteiger partial charge in [0.1, 0.15) is 10.6 Å². The van der Waals surface area contributed by atoms with Crippen molar-refractivity contribution in [2.75, 3.05) is 0 Å². The highest BCUT2D eigenvalue weighted by atomic mass is 35.5. The monoisotopic (exact) mass is 470 g/mol. The van der Waals surface area contributed by atoms with Crippen LogP contribution in [0.3, 0.4) is 0 Å². The quantitative estimate of drug-likeness (QED) is 0.108. The molecule has 0 unspecified atom stereocenters. The molecule has 1 N–H and O–H groups in total. The van der Waals surface area contributed by atoms with Gasteiger partial charge in [-0.3, -0.25) is 4.79 Å². The van der Waals surface area contributed by atoms with E-state index in [1.165, 1.54) is 37.0 Å². The molecule has 1 aromatic heterocycles. The van der Waals surface area contributed by atoms with Crippen LogP contribution in [0, 0.1) is 0 Å². The number of benzene rings is 2. The van der Waals surface area contributed by atoms with Gasteiger partial charge in [0.25, 0.3) is 0 Å². The molecule has 0 fully saturated rings. The van der Waals surface area contributed by atoms with E-state index in [0.717, 1.165) is 28.5 Å². The average Bonchev–Trinajstić information content (AvgIpc) is 3.14. The fraction of sp³-hybridized carbons (Fsp3) is 0.320. The molecule has 32 heavy (non-hydrogen) atoms. The highest BCUT2D eigenvalue weighted by molar-refractivity contribution is 7.21. The van der Waals surface area contributed by atoms with Crippen LogP contribution in [0.1, 0.15) is 67.1 Å². The van der Waals surface area contributed by atoms with Gasteiger partial charge >= 0.3 is 5.97 Å². The normalized spacial score (nSPS) is 11.2. The van der Waals surface area contributed by atoms with E-state index in [-0.39, 0.29) is 5.91 Å². The number of amides is 1. The summed E-state index contributed by atoms with van der Waals surface area (Å²) in [5.41, 5.74) is 3.33. The molecule has 0 atom stereocenters. The minimum atomic E-state index is -0.487. The lowest BCUT2D eigenvalue weighted by Crippen LogP contribution is -2.16. The summed E-state index contributed by atoms with van der Waals surface area (Å²) >= 11 is 7.65. The van der Waals surface area contributed by atoms with E-state index in [4.69, 9.17) is 16.3 Å². The molecule has 0 saturated carbocycles. The van der Waals surface area contributed by atoms with Crippen molar-refractivity contribution in [3.8, 4) is 5.75 Å². The molecule has 1 amide bonds. The Morgan fingerprint density at radius 3 is 2.50 bits per heavy atom. The van der Waals surface area contributed by atoms with Gasteiger partial charge in [0.15, 0.2) is 0 Å². The van der Waals surface area contributed by atoms with E-state index in [2.05, 4.69) is 17.5 Å². The Bertz CT molecular complexity index is 1080. The van der Waals surface area contributed by atoms with Crippen molar-refractivity contribution >= 4 is 51.1 Å². The maximum absolute atomic E-state index is 12.5. The second kappa shape index (κ2) is 12.4. The minimum Gasteiger partial charge on any atom is -0.422 e. The number of hydrazone groups is 1. The van der Waals surface area contributed by atoms with E-state index in [1.54, 1.807) is 30.5 Å². The number of nitrogens with one attached hydrogen (secondary N) is 1. The first-order chi connectivity index (χ1) is 15.6. The number of esters is 1. The molecule has 2 aromatic carbocycles. The van der Waals surface area contributed by atoms with Crippen molar-refractivity contribution in [3.63, 3.8) is 0 Å². The Kier molecular flexibility index (Phi) is 9.26. The van der Waals surface area contributed by atoms with E-state index in [0.29, 0.717) is 22.1 Å². The van der Waals surface area contributed by atoms with Crippen molar-refractivity contribution in [2.24, 2.45) is 5.10 Å². The maximum Gasteiger partial charge on any atom is 0.355 e. The van der Waals surface area contributed by atoms with E-state index in [1.807, 2.05) is 24.3 Å². The molecule has 1 heterocycles. The zero-order valence-electron chi connectivity index (χ0n) is 18.1. The van der Waals surface area contributed by atoms with E-state index < -0.39 is 5.97 Å². The maximum atomic E-state index is 12.5. The number of fused-ring (bicyclic) bond motifs is 1. The Labute approximate surface area is 197 Å². The molecule has 0 aliphatic carbocycles. The second-order valence-corrected chi connectivity index (χ2v) is 8.94. The van der Waals surface area contributed by atoms with Gasteiger partial charge in [-0.15, -0.1) is 11.3 Å². The Balaban J connectivity index is 1.46. The molecular formula is C25H27ClN2O3S. The summed E-state index contributed by atoms with van der Waals surface area (Å²) < 4.78 is 6.40. The number of unbranched alkanes of at least 4 members (excludes halogenated alkanes) is 5. The van der Waals surface area contributed by atoms with Crippen molar-refractivity contribution < 1.29 is 14.3 Å². The number of ether oxygens (including phenoxy) is 1. The molecule has 0 aliphatic heterocycles. The second-order valence-electron chi connectivity index (χ2n) is 7.51. The van der Waals surface area contributed by atoms with Gasteiger partial charge < -0.3 is 4.74 Å². The first-order valence-electron chi connectivity index (χ1n) is 10.9. The fourth-order valence-corrected chi connectivity index (χ4v) is 4.61. The van der Waals surface area contributed by atoms with Crippen LogP contribution in [-0.4, -0.2) is 18.1 Å². The molecule has 3 rings (SSSR count). The lowest BCUT2D eigenvalue weighted by Gasteiger charge is -2.04. The number of carbonyl (C=O) groups excluding carboxylic acids is 2. The van der Waals surface area contributed by atoms with Crippen LogP contribution in [0.2, 0.25) is 5.02 Å². The molecule has 0 bridgehead atoms. The number of hydrogen-bond donors (Lipinski definition) is 1. The Morgan fingerprint density at radius 2 is 1.75 bits per heavy atom. The number of halogens is 1. The highest BCUT2D eigenvalue weighted by Gasteiger charge is 2.18. The molecular weight excluding hydrogens is 444 g/mol. The molecule has 0 radical (unpaired) electrons. The Morgan fingerprint density at radius 1 is 1.03 bits per heavy atom. The topological polar surface area (TPSA) is 67.8 Å². The molecule has 0 aliphatic rings. The van der Waals surface area contributed by atoms with Crippen LogP contribution in [0.4, 0.5) is 0 Å². The summed E-state index contributed by atoms with van der Waals surface area (Å²) in [4.78, 5) is 24.7. The van der Waals surface area contributed by atoms with Crippen LogP contribution in [0.5, 0.6) is 5.75 Å². The summed E-state index contributed by atoms with van der Waals surface area (Å²) in [5.74, 6) is -0.158. The van der Waals surface area contributed by atoms with E-state index >= 15 is 0 Å². The summed E-state index contributed by atoms with van der Waals surface area (Å²) in [6.45, 7) is 2.19. The highest BCUT2D eigenvalue weighted by Crippen LogP contribution is 2.35. The first kappa shape index (κ1) is 24.0. The molecule has 5 nitrogen and oxygen atoms in total. The largest absolute Gasteiger partial charge is 0.422 e. The Hall–Kier alpha value is -2.70. The smallest absolute Gasteiger partial charge is 0.355 e. The lowest BCUT2D eigenvalue weighted by molar-refractivity contribution is -0.121. The van der Waals surface area contributed by atoms with Gasteiger partial charge in [0.05, 0.1) is 11.2 Å². The predicted octanol–water partition coefficient (Wildman–Crippen LogP) is 6.97. The van der Waals surface area contributed by atoms with Gasteiger partial charge in [-0.25, -0.2) is 10.2 Å². The summed E-state index contributed by atoms with van der Waals surface area (Å²) in [6, 6.07) is 14.5. The lowest BCUT2D eigenvalue weighted by atomic mass is 10.1. The van der Waals surface area contributed by atoms with Gasteiger partial charge in [-0.05, 0) is 42.3 Å². The SMILES string of the molecule is CCCCCCCCC(=O)NN=Cc1ccc(OC(=O)c2sc3ccccc3c2Cl)cc1. The van der Waals surface area contributed by atoms with Crippen LogP contribution < -0.4 is 10.2 Å². The molecule has 0 spiro atoms. The van der Waals surface area contributed by atoms with Crippen molar-refractivity contribution in [2.45, 2.75) is 51.9 Å². The standard InChI is InChI=1S/C25H27ClN2O3S/c1-2-3-4-5-6-7-12-22(29)28-27-17-18-13-15-19(16-14-18)31-25(30)24-23(26)20-10-8-9-11-21(20)32-24/h8-11,13-17H,2-7,12H2,1H3,(H,28,29). The fourth-order valence-electron chi connectivity index (χ4n) is 3.22. The minimum absolute atomic E-state index is 0.0810. The van der Waals surface area contributed by atoms with Crippen molar-refractivity contribution in [3.05, 3.63) is 64.0 Å².